The molecule has 0 radical (unpaired) electrons. The van der Waals surface area contributed by atoms with Gasteiger partial charge in [-0.15, -0.1) is 0 Å². The summed E-state index contributed by atoms with van der Waals surface area (Å²) < 4.78 is 18.9. The van der Waals surface area contributed by atoms with E-state index < -0.39 is 23.2 Å². The summed E-state index contributed by atoms with van der Waals surface area (Å²) in [5, 5.41) is 22.3. The standard InChI is InChI=1S/C34H54O7/c1-16(2)18(4)31(7)14-24(31)17(3)23-12-25(39-19(5)35)29-22-11-28-34(41-28)13-21(37)10-27(38)33(34,9)30(22)26(40-20(6)36)15-32(23,29)8/h16-18,21-30,37-38H,10-15H2,1-9H3/t17-,18+,21-,22-,23+,24+,25-,26+,27-,28+,29+,30+,31+,32+,33+,34+/m0/s1. The first-order valence-corrected chi connectivity index (χ1v) is 16.4. The molecule has 16 atom stereocenters. The highest BCUT2D eigenvalue weighted by molar-refractivity contribution is 5.66. The van der Waals surface area contributed by atoms with Crippen LogP contribution in [0.3, 0.4) is 0 Å². The lowest BCUT2D eigenvalue weighted by Crippen LogP contribution is -2.68. The van der Waals surface area contributed by atoms with Crippen LogP contribution in [0.25, 0.3) is 0 Å². The maximum Gasteiger partial charge on any atom is 0.302 e. The zero-order chi connectivity index (χ0) is 30.0. The number of ether oxygens (including phenoxy) is 3. The fourth-order valence-electron chi connectivity index (χ4n) is 12.1. The first-order valence-electron chi connectivity index (χ1n) is 16.4. The highest BCUT2D eigenvalue weighted by Gasteiger charge is 2.81. The summed E-state index contributed by atoms with van der Waals surface area (Å²) in [4.78, 5) is 25.1. The first-order chi connectivity index (χ1) is 19.0. The molecule has 2 N–H and O–H groups in total. The Balaban J connectivity index is 1.40. The zero-order valence-electron chi connectivity index (χ0n) is 26.7. The third-order valence-corrected chi connectivity index (χ3v) is 14.4. The van der Waals surface area contributed by atoms with E-state index >= 15 is 0 Å². The summed E-state index contributed by atoms with van der Waals surface area (Å²) in [6.45, 7) is 19.4. The number of hydrogen-bond acceptors (Lipinski definition) is 7. The smallest absolute Gasteiger partial charge is 0.302 e. The minimum absolute atomic E-state index is 0.0493. The number of rotatable bonds is 6. The Morgan fingerprint density at radius 1 is 0.829 bits per heavy atom. The molecule has 0 aromatic rings. The number of hydrogen-bond donors (Lipinski definition) is 2. The normalized spacial score (nSPS) is 54.6. The average Bonchev–Trinajstić information content (AvgIpc) is 3.71. The number of fused-ring (bicyclic) bond motifs is 4. The number of esters is 2. The number of carbonyl (C=O) groups is 2. The quantitative estimate of drug-likeness (QED) is 0.334. The van der Waals surface area contributed by atoms with E-state index in [9.17, 15) is 19.8 Å². The van der Waals surface area contributed by atoms with Gasteiger partial charge in [0.1, 0.15) is 17.8 Å². The van der Waals surface area contributed by atoms with Gasteiger partial charge in [-0.3, -0.25) is 9.59 Å². The second-order valence-electron chi connectivity index (χ2n) is 16.4. The summed E-state index contributed by atoms with van der Waals surface area (Å²) in [5.41, 5.74) is -1.12. The van der Waals surface area contributed by atoms with Crippen LogP contribution < -0.4 is 0 Å². The minimum Gasteiger partial charge on any atom is -0.462 e. The molecule has 41 heavy (non-hydrogen) atoms. The fourth-order valence-corrected chi connectivity index (χ4v) is 12.1. The van der Waals surface area contributed by atoms with Gasteiger partial charge in [0, 0.05) is 37.5 Å². The maximum atomic E-state index is 12.6. The van der Waals surface area contributed by atoms with Gasteiger partial charge >= 0.3 is 11.9 Å². The fraction of sp³-hybridized carbons (Fsp3) is 0.941. The molecule has 1 saturated heterocycles. The molecular weight excluding hydrogens is 520 g/mol. The van der Waals surface area contributed by atoms with E-state index in [1.165, 1.54) is 20.3 Å². The van der Waals surface area contributed by atoms with Crippen molar-refractivity contribution in [2.45, 2.75) is 137 Å². The predicted octanol–water partition coefficient (Wildman–Crippen LogP) is 5.15. The van der Waals surface area contributed by atoms with Crippen molar-refractivity contribution in [2.75, 3.05) is 0 Å². The van der Waals surface area contributed by atoms with Crippen LogP contribution >= 0.6 is 0 Å². The van der Waals surface area contributed by atoms with Crippen molar-refractivity contribution >= 4 is 11.9 Å². The molecule has 0 unspecified atom stereocenters. The first kappa shape index (κ1) is 29.9. The number of carbonyl (C=O) groups excluding carboxylic acids is 2. The number of epoxide rings is 1. The molecule has 0 bridgehead atoms. The van der Waals surface area contributed by atoms with Crippen LogP contribution in [-0.4, -0.2) is 58.3 Å². The van der Waals surface area contributed by atoms with Crippen molar-refractivity contribution in [3.63, 3.8) is 0 Å². The molecule has 7 nitrogen and oxygen atoms in total. The lowest BCUT2D eigenvalue weighted by Gasteiger charge is -2.62. The van der Waals surface area contributed by atoms with Crippen molar-refractivity contribution in [3.05, 3.63) is 0 Å². The van der Waals surface area contributed by atoms with Crippen LogP contribution in [0.15, 0.2) is 0 Å². The molecule has 6 fully saturated rings. The van der Waals surface area contributed by atoms with Crippen molar-refractivity contribution in [3.8, 4) is 0 Å². The summed E-state index contributed by atoms with van der Waals surface area (Å²) in [5.74, 6) is 2.18. The van der Waals surface area contributed by atoms with E-state index in [0.29, 0.717) is 54.3 Å². The second-order valence-corrected chi connectivity index (χ2v) is 16.4. The number of aliphatic hydroxyl groups excluding tert-OH is 2. The van der Waals surface area contributed by atoms with Crippen LogP contribution in [-0.2, 0) is 23.8 Å². The van der Waals surface area contributed by atoms with E-state index in [4.69, 9.17) is 14.2 Å². The summed E-state index contributed by atoms with van der Waals surface area (Å²) >= 11 is 0. The van der Waals surface area contributed by atoms with Gasteiger partial charge in [-0.05, 0) is 78.4 Å². The Kier molecular flexibility index (Phi) is 6.86. The number of aliphatic hydroxyl groups is 2. The lowest BCUT2D eigenvalue weighted by atomic mass is 9.42. The lowest BCUT2D eigenvalue weighted by molar-refractivity contribution is -0.224. The van der Waals surface area contributed by atoms with Crippen LogP contribution in [0.1, 0.15) is 101 Å². The summed E-state index contributed by atoms with van der Waals surface area (Å²) in [6, 6.07) is 0. The molecule has 232 valence electrons. The van der Waals surface area contributed by atoms with Crippen LogP contribution in [0.2, 0.25) is 0 Å². The van der Waals surface area contributed by atoms with Crippen molar-refractivity contribution in [1.29, 1.82) is 0 Å². The third-order valence-electron chi connectivity index (χ3n) is 14.4. The molecule has 0 aromatic heterocycles. The molecule has 1 aliphatic heterocycles. The van der Waals surface area contributed by atoms with Gasteiger partial charge < -0.3 is 24.4 Å². The van der Waals surface area contributed by atoms with Gasteiger partial charge in [-0.1, -0.05) is 48.5 Å². The Morgan fingerprint density at radius 2 is 1.46 bits per heavy atom. The van der Waals surface area contributed by atoms with Gasteiger partial charge in [-0.25, -0.2) is 0 Å². The van der Waals surface area contributed by atoms with E-state index in [-0.39, 0.29) is 53.4 Å². The molecule has 6 rings (SSSR count). The molecule has 7 heteroatoms. The van der Waals surface area contributed by atoms with Gasteiger partial charge in [0.05, 0.1) is 18.3 Å². The maximum absolute atomic E-state index is 12.6. The topological polar surface area (TPSA) is 106 Å². The molecule has 0 aromatic carbocycles. The van der Waals surface area contributed by atoms with Gasteiger partial charge in [-0.2, -0.15) is 0 Å². The minimum atomic E-state index is -0.764. The highest BCUT2D eigenvalue weighted by atomic mass is 16.6. The highest BCUT2D eigenvalue weighted by Crippen LogP contribution is 2.76. The van der Waals surface area contributed by atoms with Crippen LogP contribution in [0.4, 0.5) is 0 Å². The monoisotopic (exact) mass is 574 g/mol. The molecular formula is C34H54O7. The van der Waals surface area contributed by atoms with E-state index in [1.807, 2.05) is 0 Å². The summed E-state index contributed by atoms with van der Waals surface area (Å²) in [7, 11) is 0. The Bertz CT molecular complexity index is 1090. The van der Waals surface area contributed by atoms with Crippen molar-refractivity contribution in [1.82, 2.24) is 0 Å². The average molecular weight is 575 g/mol. The van der Waals surface area contributed by atoms with E-state index in [0.717, 1.165) is 12.8 Å². The SMILES string of the molecule is CC(=O)O[C@H]1C[C@H]([C@H](C)[C@H]2C[C@]2(C)[C@H](C)C(C)C)[C@@]2(C)C[C@@H](OC(C)=O)[C@H]3[C@@H](C[C@H]4O[C@]45C[C@@H](O)C[C@H](O)[C@]35C)[C@H]12. The zero-order valence-corrected chi connectivity index (χ0v) is 26.7. The Morgan fingerprint density at radius 3 is 2.07 bits per heavy atom. The van der Waals surface area contributed by atoms with Crippen LogP contribution in [0, 0.1) is 63.6 Å². The van der Waals surface area contributed by atoms with Crippen molar-refractivity contribution in [2.24, 2.45) is 63.6 Å². The van der Waals surface area contributed by atoms with Gasteiger partial charge in [0.25, 0.3) is 0 Å². The Hall–Kier alpha value is -1.18. The molecule has 1 heterocycles. The van der Waals surface area contributed by atoms with Gasteiger partial charge in [0.2, 0.25) is 0 Å². The Labute approximate surface area is 246 Å². The predicted molar refractivity (Wildman–Crippen MR) is 153 cm³/mol. The molecule has 5 aliphatic carbocycles. The van der Waals surface area contributed by atoms with Crippen LogP contribution in [0.5, 0.6) is 0 Å². The second kappa shape index (κ2) is 9.41. The van der Waals surface area contributed by atoms with E-state index in [2.05, 4.69) is 48.5 Å². The molecule has 5 saturated carbocycles. The van der Waals surface area contributed by atoms with Gasteiger partial charge in [0.15, 0.2) is 0 Å². The third kappa shape index (κ3) is 4.06. The summed E-state index contributed by atoms with van der Waals surface area (Å²) in [6.07, 6.45) is 2.35. The van der Waals surface area contributed by atoms with Crippen molar-refractivity contribution < 1.29 is 34.0 Å². The molecule has 1 spiro atoms. The molecule has 0 amide bonds. The van der Waals surface area contributed by atoms with E-state index in [1.54, 1.807) is 0 Å². The molecule has 6 aliphatic rings. The largest absolute Gasteiger partial charge is 0.462 e.